The zero-order valence-corrected chi connectivity index (χ0v) is 11.9. The van der Waals surface area contributed by atoms with Crippen LogP contribution in [-0.2, 0) is 4.74 Å². The van der Waals surface area contributed by atoms with E-state index in [0.29, 0.717) is 24.6 Å². The predicted molar refractivity (Wildman–Crippen MR) is 77.5 cm³/mol. The van der Waals surface area contributed by atoms with Gasteiger partial charge in [0.15, 0.2) is 0 Å². The number of anilines is 1. The Morgan fingerprint density at radius 2 is 2.20 bits per heavy atom. The van der Waals surface area contributed by atoms with Crippen LogP contribution in [0.2, 0.25) is 0 Å². The largest absolute Gasteiger partial charge is 0.495 e. The van der Waals surface area contributed by atoms with E-state index in [-0.39, 0.29) is 11.6 Å². The number of nitrogens with two attached hydrogens (primary N) is 1. The molecule has 20 heavy (non-hydrogen) atoms. The highest BCUT2D eigenvalue weighted by Crippen LogP contribution is 2.26. The van der Waals surface area contributed by atoms with Crippen LogP contribution in [0.4, 0.5) is 5.69 Å². The van der Waals surface area contributed by atoms with Crippen molar-refractivity contribution in [1.29, 1.82) is 0 Å². The summed E-state index contributed by atoms with van der Waals surface area (Å²) in [6.45, 7) is 1.12. The number of methoxy groups -OCH3 is 2. The second-order valence-electron chi connectivity index (χ2n) is 4.45. The topological polar surface area (TPSA) is 93.8 Å². The van der Waals surface area contributed by atoms with Gasteiger partial charge in [-0.25, -0.2) is 4.79 Å². The molecule has 0 saturated heterocycles. The number of benzene rings is 1. The molecule has 0 spiro atoms. The smallest absolute Gasteiger partial charge is 0.335 e. The van der Waals surface area contributed by atoms with Crippen molar-refractivity contribution >= 4 is 11.7 Å². The quantitative estimate of drug-likeness (QED) is 0.636. The van der Waals surface area contributed by atoms with Gasteiger partial charge in [-0.1, -0.05) is 0 Å². The monoisotopic (exact) mass is 282 g/mol. The van der Waals surface area contributed by atoms with Gasteiger partial charge < -0.3 is 25.6 Å². The molecule has 112 valence electrons. The molecule has 0 bridgehead atoms. The second kappa shape index (κ2) is 8.39. The normalized spacial score (nSPS) is 11.9. The number of carboxylic acid groups (broad SMARTS) is 1. The Bertz CT molecular complexity index is 437. The highest BCUT2D eigenvalue weighted by Gasteiger charge is 2.13. The Balaban J connectivity index is 2.90. The highest BCUT2D eigenvalue weighted by molar-refractivity contribution is 5.89. The van der Waals surface area contributed by atoms with E-state index in [1.807, 2.05) is 0 Å². The van der Waals surface area contributed by atoms with E-state index >= 15 is 0 Å². The first-order valence-corrected chi connectivity index (χ1v) is 6.49. The van der Waals surface area contributed by atoms with Crippen molar-refractivity contribution in [2.24, 2.45) is 5.73 Å². The van der Waals surface area contributed by atoms with Gasteiger partial charge in [-0.15, -0.1) is 0 Å². The third-order valence-electron chi connectivity index (χ3n) is 2.93. The van der Waals surface area contributed by atoms with Crippen molar-refractivity contribution in [1.82, 2.24) is 0 Å². The summed E-state index contributed by atoms with van der Waals surface area (Å²) < 4.78 is 10.4. The standard InChI is InChI=1S/C14H22N2O4/c1-19-9-11(4-3-7-15)16-12-8-10(14(17)18)5-6-13(12)20-2/h5-6,8,11,16H,3-4,7,9,15H2,1-2H3,(H,17,18). The lowest BCUT2D eigenvalue weighted by Gasteiger charge is -2.20. The third kappa shape index (κ3) is 4.71. The fourth-order valence-electron chi connectivity index (χ4n) is 1.94. The first-order valence-electron chi connectivity index (χ1n) is 6.49. The van der Waals surface area contributed by atoms with Gasteiger partial charge in [0.1, 0.15) is 5.75 Å². The number of rotatable bonds is 9. The first-order chi connectivity index (χ1) is 9.62. The van der Waals surface area contributed by atoms with Gasteiger partial charge in [-0.05, 0) is 37.6 Å². The van der Waals surface area contributed by atoms with E-state index in [4.69, 9.17) is 20.3 Å². The van der Waals surface area contributed by atoms with Gasteiger partial charge in [0, 0.05) is 13.2 Å². The molecule has 0 aliphatic heterocycles. The lowest BCUT2D eigenvalue weighted by atomic mass is 10.1. The number of aromatic carboxylic acids is 1. The molecule has 0 saturated carbocycles. The Kier molecular flexibility index (Phi) is 6.83. The van der Waals surface area contributed by atoms with Crippen LogP contribution in [0.25, 0.3) is 0 Å². The second-order valence-corrected chi connectivity index (χ2v) is 4.45. The zero-order valence-electron chi connectivity index (χ0n) is 11.9. The van der Waals surface area contributed by atoms with Crippen LogP contribution in [0.5, 0.6) is 5.75 Å². The van der Waals surface area contributed by atoms with Gasteiger partial charge in [0.25, 0.3) is 0 Å². The summed E-state index contributed by atoms with van der Waals surface area (Å²) in [5.74, 6) is -0.371. The van der Waals surface area contributed by atoms with E-state index in [0.717, 1.165) is 12.8 Å². The Morgan fingerprint density at radius 1 is 1.45 bits per heavy atom. The molecule has 6 nitrogen and oxygen atoms in total. The SMILES string of the molecule is COCC(CCCN)Nc1cc(C(=O)O)ccc1OC. The summed E-state index contributed by atoms with van der Waals surface area (Å²) in [6.07, 6.45) is 1.70. The van der Waals surface area contributed by atoms with Gasteiger partial charge in [-0.2, -0.15) is 0 Å². The maximum absolute atomic E-state index is 11.0. The van der Waals surface area contributed by atoms with Crippen molar-refractivity contribution in [3.05, 3.63) is 23.8 Å². The van der Waals surface area contributed by atoms with Crippen molar-refractivity contribution in [3.63, 3.8) is 0 Å². The minimum Gasteiger partial charge on any atom is -0.495 e. The molecule has 0 aliphatic carbocycles. The van der Waals surface area contributed by atoms with Crippen molar-refractivity contribution in [2.75, 3.05) is 32.7 Å². The lowest BCUT2D eigenvalue weighted by Crippen LogP contribution is -2.26. The number of nitrogens with one attached hydrogen (secondary N) is 1. The lowest BCUT2D eigenvalue weighted by molar-refractivity contribution is 0.0697. The van der Waals surface area contributed by atoms with Crippen LogP contribution in [0.3, 0.4) is 0 Å². The van der Waals surface area contributed by atoms with Crippen LogP contribution in [0.15, 0.2) is 18.2 Å². The molecular formula is C14H22N2O4. The first kappa shape index (κ1) is 16.3. The third-order valence-corrected chi connectivity index (χ3v) is 2.93. The number of carboxylic acids is 1. The van der Waals surface area contributed by atoms with E-state index in [9.17, 15) is 4.79 Å². The molecule has 0 aromatic heterocycles. The van der Waals surface area contributed by atoms with E-state index in [2.05, 4.69) is 5.32 Å². The van der Waals surface area contributed by atoms with E-state index in [1.54, 1.807) is 26.4 Å². The average molecular weight is 282 g/mol. The number of ether oxygens (including phenoxy) is 2. The summed E-state index contributed by atoms with van der Waals surface area (Å²) in [6, 6.07) is 4.77. The van der Waals surface area contributed by atoms with Crippen LogP contribution >= 0.6 is 0 Å². The molecule has 0 radical (unpaired) electrons. The van der Waals surface area contributed by atoms with Crippen molar-refractivity contribution < 1.29 is 19.4 Å². The van der Waals surface area contributed by atoms with Gasteiger partial charge in [0.2, 0.25) is 0 Å². The number of carbonyl (C=O) groups is 1. The molecule has 1 rings (SSSR count). The van der Waals surface area contributed by atoms with Crippen LogP contribution in [-0.4, -0.2) is 44.5 Å². The minimum atomic E-state index is -0.971. The van der Waals surface area contributed by atoms with Crippen molar-refractivity contribution in [3.8, 4) is 5.75 Å². The fourth-order valence-corrected chi connectivity index (χ4v) is 1.94. The maximum Gasteiger partial charge on any atom is 0.335 e. The molecule has 1 atom stereocenters. The molecule has 0 fully saturated rings. The highest BCUT2D eigenvalue weighted by atomic mass is 16.5. The van der Waals surface area contributed by atoms with E-state index < -0.39 is 5.97 Å². The molecule has 0 amide bonds. The summed E-state index contributed by atoms with van der Waals surface area (Å²) in [5, 5.41) is 12.3. The Morgan fingerprint density at radius 3 is 2.75 bits per heavy atom. The van der Waals surface area contributed by atoms with Gasteiger partial charge in [0.05, 0.1) is 25.0 Å². The van der Waals surface area contributed by atoms with Crippen LogP contribution < -0.4 is 15.8 Å². The van der Waals surface area contributed by atoms with E-state index in [1.165, 1.54) is 6.07 Å². The molecule has 0 aliphatic rings. The summed E-state index contributed by atoms with van der Waals surface area (Å²) in [4.78, 5) is 11.0. The minimum absolute atomic E-state index is 0.0569. The van der Waals surface area contributed by atoms with Crippen molar-refractivity contribution in [2.45, 2.75) is 18.9 Å². The summed E-state index contributed by atoms with van der Waals surface area (Å²) >= 11 is 0. The molecule has 1 unspecified atom stereocenters. The Hall–Kier alpha value is -1.79. The molecule has 1 aromatic carbocycles. The molecule has 4 N–H and O–H groups in total. The molecule has 6 heteroatoms. The Labute approximate surface area is 118 Å². The zero-order chi connectivity index (χ0) is 15.0. The summed E-state index contributed by atoms with van der Waals surface area (Å²) in [5.41, 5.74) is 6.37. The predicted octanol–water partition coefficient (Wildman–Crippen LogP) is 1.56. The van der Waals surface area contributed by atoms with Gasteiger partial charge >= 0.3 is 5.97 Å². The van der Waals surface area contributed by atoms with Crippen LogP contribution in [0.1, 0.15) is 23.2 Å². The number of hydrogen-bond donors (Lipinski definition) is 3. The fraction of sp³-hybridized carbons (Fsp3) is 0.500. The molecular weight excluding hydrogens is 260 g/mol. The van der Waals surface area contributed by atoms with Crippen LogP contribution in [0, 0.1) is 0 Å². The molecule has 0 heterocycles. The maximum atomic E-state index is 11.0. The summed E-state index contributed by atoms with van der Waals surface area (Å²) in [7, 11) is 3.17. The number of hydrogen-bond acceptors (Lipinski definition) is 5. The molecule has 1 aromatic rings. The van der Waals surface area contributed by atoms with Gasteiger partial charge in [-0.3, -0.25) is 0 Å². The average Bonchev–Trinajstić information content (AvgIpc) is 2.44.